The van der Waals surface area contributed by atoms with Crippen LogP contribution in [0.5, 0.6) is 0 Å². The van der Waals surface area contributed by atoms with Gasteiger partial charge in [-0.3, -0.25) is 0 Å². The molecule has 6 rings (SSSR count). The smallest absolute Gasteiger partial charge is 0.0139 e. The molecule has 0 nitrogen and oxygen atoms in total. The molecule has 0 N–H and O–H groups in total. The first-order valence-corrected chi connectivity index (χ1v) is 13.4. The third-order valence-electron chi connectivity index (χ3n) is 6.94. The number of hydrogen-bond donors (Lipinski definition) is 0. The van der Waals surface area contributed by atoms with Gasteiger partial charge in [0.15, 0.2) is 0 Å². The first kappa shape index (κ1) is 23.0. The minimum absolute atomic E-state index is 1.24. The summed E-state index contributed by atoms with van der Waals surface area (Å²) in [6, 6.07) is 40.7. The molecule has 0 heterocycles. The van der Waals surface area contributed by atoms with E-state index < -0.39 is 0 Å². The molecule has 0 bridgehead atoms. The van der Waals surface area contributed by atoms with Crippen molar-refractivity contribution >= 4 is 44.1 Å². The van der Waals surface area contributed by atoms with Crippen molar-refractivity contribution in [1.82, 2.24) is 0 Å². The number of hydrogen-bond acceptors (Lipinski definition) is 0. The summed E-state index contributed by atoms with van der Waals surface area (Å²) in [5, 5.41) is 5.16. The maximum Gasteiger partial charge on any atom is 0.0139 e. The average molecular weight is 575 g/mol. The zero-order valence-electron chi connectivity index (χ0n) is 20.8. The van der Waals surface area contributed by atoms with E-state index in [-0.39, 0.29) is 0 Å². The largest absolute Gasteiger partial charge is 0.0616 e. The zero-order chi connectivity index (χ0) is 24.8. The van der Waals surface area contributed by atoms with Gasteiger partial charge >= 0.3 is 0 Å². The molecule has 174 valence electrons. The molecule has 0 aliphatic rings. The van der Waals surface area contributed by atoms with Crippen LogP contribution in [0.15, 0.2) is 109 Å². The molecule has 0 fully saturated rings. The van der Waals surface area contributed by atoms with Crippen LogP contribution in [0.25, 0.3) is 54.9 Å². The first-order valence-electron chi connectivity index (χ1n) is 12.4. The lowest BCUT2D eigenvalue weighted by Gasteiger charge is -2.14. The van der Waals surface area contributed by atoms with Crippen molar-refractivity contribution < 1.29 is 0 Å². The van der Waals surface area contributed by atoms with E-state index in [1.54, 1.807) is 0 Å². The van der Waals surface area contributed by atoms with Crippen molar-refractivity contribution in [2.45, 2.75) is 20.8 Å². The molecular formula is C35H27I. The summed E-state index contributed by atoms with van der Waals surface area (Å²) in [5.74, 6) is 0. The topological polar surface area (TPSA) is 0 Å². The zero-order valence-corrected chi connectivity index (χ0v) is 22.9. The highest BCUT2D eigenvalue weighted by Gasteiger charge is 2.10. The van der Waals surface area contributed by atoms with Crippen molar-refractivity contribution in [3.05, 3.63) is 129 Å². The van der Waals surface area contributed by atoms with Crippen molar-refractivity contribution in [2.24, 2.45) is 0 Å². The van der Waals surface area contributed by atoms with Gasteiger partial charge < -0.3 is 0 Å². The van der Waals surface area contributed by atoms with Crippen LogP contribution in [0.2, 0.25) is 0 Å². The van der Waals surface area contributed by atoms with Crippen LogP contribution in [0.3, 0.4) is 0 Å². The first-order chi connectivity index (χ1) is 17.4. The van der Waals surface area contributed by atoms with Crippen molar-refractivity contribution in [1.29, 1.82) is 0 Å². The van der Waals surface area contributed by atoms with E-state index in [9.17, 15) is 0 Å². The van der Waals surface area contributed by atoms with Crippen LogP contribution in [0, 0.1) is 24.3 Å². The maximum absolute atomic E-state index is 2.42. The van der Waals surface area contributed by atoms with E-state index in [1.807, 2.05) is 0 Å². The van der Waals surface area contributed by atoms with Gasteiger partial charge in [0.1, 0.15) is 0 Å². The van der Waals surface area contributed by atoms with Crippen LogP contribution in [-0.4, -0.2) is 0 Å². The fraction of sp³-hybridized carbons (Fsp3) is 0.0857. The molecule has 0 aliphatic carbocycles. The third kappa shape index (κ3) is 4.44. The molecule has 0 aliphatic heterocycles. The van der Waals surface area contributed by atoms with Crippen molar-refractivity contribution in [3.63, 3.8) is 0 Å². The van der Waals surface area contributed by atoms with E-state index in [1.165, 1.54) is 75.2 Å². The van der Waals surface area contributed by atoms with E-state index in [2.05, 4.69) is 153 Å². The van der Waals surface area contributed by atoms with Crippen LogP contribution in [0.1, 0.15) is 16.7 Å². The average Bonchev–Trinajstić information content (AvgIpc) is 2.87. The molecule has 36 heavy (non-hydrogen) atoms. The van der Waals surface area contributed by atoms with Gasteiger partial charge in [0.05, 0.1) is 0 Å². The van der Waals surface area contributed by atoms with E-state index >= 15 is 0 Å². The standard InChI is InChI=1S/C35H27I/c1-22-12-23(2)14-28(13-22)31-18-30(19-32(20-31)29-15-24(3)16-33(36)21-29)26-10-11-35-27(17-26)9-8-25-6-4-5-7-34(25)35/h4-21H,1-3H3. The molecule has 0 radical (unpaired) electrons. The Hall–Kier alpha value is -3.43. The number of fused-ring (bicyclic) bond motifs is 3. The quantitative estimate of drug-likeness (QED) is 0.146. The Morgan fingerprint density at radius 1 is 0.389 bits per heavy atom. The summed E-state index contributed by atoms with van der Waals surface area (Å²) in [6.07, 6.45) is 0. The summed E-state index contributed by atoms with van der Waals surface area (Å²) >= 11 is 2.42. The van der Waals surface area contributed by atoms with Gasteiger partial charge in [-0.25, -0.2) is 0 Å². The highest BCUT2D eigenvalue weighted by Crippen LogP contribution is 2.36. The van der Waals surface area contributed by atoms with Gasteiger partial charge in [0.2, 0.25) is 0 Å². The Morgan fingerprint density at radius 2 is 0.917 bits per heavy atom. The predicted molar refractivity (Wildman–Crippen MR) is 165 cm³/mol. The SMILES string of the molecule is Cc1cc(C)cc(-c2cc(-c3cc(C)cc(I)c3)cc(-c3ccc4c(ccc5ccccc54)c3)c2)c1. The molecule has 0 amide bonds. The van der Waals surface area contributed by atoms with Gasteiger partial charge in [-0.05, 0) is 140 Å². The van der Waals surface area contributed by atoms with Crippen molar-refractivity contribution in [2.75, 3.05) is 0 Å². The fourth-order valence-corrected chi connectivity index (χ4v) is 6.19. The minimum Gasteiger partial charge on any atom is -0.0616 e. The van der Waals surface area contributed by atoms with Gasteiger partial charge in [-0.2, -0.15) is 0 Å². The molecule has 0 unspecified atom stereocenters. The number of rotatable bonds is 3. The molecule has 6 aromatic carbocycles. The fourth-order valence-electron chi connectivity index (χ4n) is 5.36. The van der Waals surface area contributed by atoms with Gasteiger partial charge in [-0.1, -0.05) is 83.9 Å². The normalized spacial score (nSPS) is 11.3. The molecular weight excluding hydrogens is 547 g/mol. The Balaban J connectivity index is 1.57. The van der Waals surface area contributed by atoms with E-state index in [0.29, 0.717) is 0 Å². The number of halogens is 1. The lowest BCUT2D eigenvalue weighted by molar-refractivity contribution is 1.38. The van der Waals surface area contributed by atoms with Gasteiger partial charge in [0.25, 0.3) is 0 Å². The second-order valence-electron chi connectivity index (χ2n) is 9.92. The predicted octanol–water partition coefficient (Wildman–Crippen LogP) is 10.5. The molecule has 0 saturated heterocycles. The Bertz CT molecular complexity index is 1660. The van der Waals surface area contributed by atoms with E-state index in [0.717, 1.165) is 0 Å². The maximum atomic E-state index is 2.42. The van der Waals surface area contributed by atoms with Gasteiger partial charge in [-0.15, -0.1) is 0 Å². The second-order valence-corrected chi connectivity index (χ2v) is 11.2. The van der Waals surface area contributed by atoms with Crippen molar-refractivity contribution in [3.8, 4) is 33.4 Å². The van der Waals surface area contributed by atoms with Gasteiger partial charge in [0, 0.05) is 3.57 Å². The van der Waals surface area contributed by atoms with Crippen LogP contribution >= 0.6 is 22.6 Å². The Labute approximate surface area is 226 Å². The summed E-state index contributed by atoms with van der Waals surface area (Å²) in [4.78, 5) is 0. The molecule has 6 aromatic rings. The second kappa shape index (κ2) is 9.22. The lowest BCUT2D eigenvalue weighted by atomic mass is 9.91. The van der Waals surface area contributed by atoms with Crippen LogP contribution in [-0.2, 0) is 0 Å². The molecule has 0 aromatic heterocycles. The number of benzene rings is 6. The van der Waals surface area contributed by atoms with Crippen LogP contribution < -0.4 is 0 Å². The molecule has 0 atom stereocenters. The summed E-state index contributed by atoms with van der Waals surface area (Å²) in [5.41, 5.74) is 11.4. The monoisotopic (exact) mass is 574 g/mol. The molecule has 0 spiro atoms. The molecule has 1 heteroatoms. The minimum atomic E-state index is 1.24. The summed E-state index contributed by atoms with van der Waals surface area (Å²) in [7, 11) is 0. The van der Waals surface area contributed by atoms with E-state index in [4.69, 9.17) is 0 Å². The lowest BCUT2D eigenvalue weighted by Crippen LogP contribution is -1.89. The molecule has 0 saturated carbocycles. The third-order valence-corrected chi connectivity index (χ3v) is 7.56. The highest BCUT2D eigenvalue weighted by atomic mass is 127. The number of aryl methyl sites for hydroxylation is 3. The Morgan fingerprint density at radius 3 is 1.61 bits per heavy atom. The van der Waals surface area contributed by atoms with Crippen LogP contribution in [0.4, 0.5) is 0 Å². The summed E-state index contributed by atoms with van der Waals surface area (Å²) < 4.78 is 1.26. The summed E-state index contributed by atoms with van der Waals surface area (Å²) in [6.45, 7) is 6.53. The Kier molecular flexibility index (Phi) is 5.89. The highest BCUT2D eigenvalue weighted by molar-refractivity contribution is 14.1.